The zero-order chi connectivity index (χ0) is 11.4. The van der Waals surface area contributed by atoms with Crippen molar-refractivity contribution < 1.29 is 0 Å². The van der Waals surface area contributed by atoms with Gasteiger partial charge in [0.2, 0.25) is 0 Å². The molecule has 4 heteroatoms. The van der Waals surface area contributed by atoms with E-state index >= 15 is 0 Å². The van der Waals surface area contributed by atoms with E-state index in [-0.39, 0.29) is 0 Å². The van der Waals surface area contributed by atoms with Crippen LogP contribution in [0.4, 0.5) is 5.82 Å². The summed E-state index contributed by atoms with van der Waals surface area (Å²) in [6.45, 7) is 7.39. The van der Waals surface area contributed by atoms with Gasteiger partial charge in [-0.25, -0.2) is 4.98 Å². The fourth-order valence-electron chi connectivity index (χ4n) is 1.51. The molecule has 1 rings (SSSR count). The molecule has 1 atom stereocenters. The molecule has 1 unspecified atom stereocenters. The van der Waals surface area contributed by atoms with Crippen LogP contribution in [-0.2, 0) is 0 Å². The second-order valence-corrected chi connectivity index (χ2v) is 4.83. The molecule has 0 spiro atoms. The summed E-state index contributed by atoms with van der Waals surface area (Å²) >= 11 is 9.53. The topological polar surface area (TPSA) is 16.1 Å². The number of aromatic nitrogens is 1. The van der Waals surface area contributed by atoms with E-state index in [1.54, 1.807) is 6.20 Å². The fourth-order valence-corrected chi connectivity index (χ4v) is 2.25. The van der Waals surface area contributed by atoms with Crippen molar-refractivity contribution in [2.45, 2.75) is 33.2 Å². The minimum Gasteiger partial charge on any atom is -0.353 e. The molecule has 0 bridgehead atoms. The summed E-state index contributed by atoms with van der Waals surface area (Å²) in [6, 6.07) is 2.34. The van der Waals surface area contributed by atoms with Crippen molar-refractivity contribution >= 4 is 33.3 Å². The van der Waals surface area contributed by atoms with E-state index in [0.717, 1.165) is 23.3 Å². The standard InChI is InChI=1S/C11H16BrClN2/c1-4-8(3)15(5-2)11-10(13)6-9(12)7-14-11/h6-8H,4-5H2,1-3H3. The number of pyridine rings is 1. The minimum absolute atomic E-state index is 0.459. The first-order chi connectivity index (χ1) is 7.10. The number of hydrogen-bond acceptors (Lipinski definition) is 2. The van der Waals surface area contributed by atoms with Gasteiger partial charge in [0.25, 0.3) is 0 Å². The molecule has 0 aliphatic rings. The molecule has 0 N–H and O–H groups in total. The normalized spacial score (nSPS) is 12.6. The zero-order valence-corrected chi connectivity index (χ0v) is 11.6. The number of hydrogen-bond donors (Lipinski definition) is 0. The van der Waals surface area contributed by atoms with E-state index in [0.29, 0.717) is 11.1 Å². The molecular formula is C11H16BrClN2. The summed E-state index contributed by atoms with van der Waals surface area (Å²) in [7, 11) is 0. The second kappa shape index (κ2) is 5.71. The molecule has 0 aromatic carbocycles. The SMILES string of the molecule is CCC(C)N(CC)c1ncc(Br)cc1Cl. The van der Waals surface area contributed by atoms with Crippen LogP contribution in [0.3, 0.4) is 0 Å². The average molecular weight is 292 g/mol. The van der Waals surface area contributed by atoms with Gasteiger partial charge in [-0.05, 0) is 42.3 Å². The Morgan fingerprint density at radius 1 is 1.53 bits per heavy atom. The molecule has 0 amide bonds. The summed E-state index contributed by atoms with van der Waals surface area (Å²) in [6.07, 6.45) is 2.87. The number of rotatable bonds is 4. The molecule has 1 aromatic heterocycles. The lowest BCUT2D eigenvalue weighted by Crippen LogP contribution is -2.33. The van der Waals surface area contributed by atoms with Gasteiger partial charge in [-0.15, -0.1) is 0 Å². The Kier molecular flexibility index (Phi) is 4.87. The highest BCUT2D eigenvalue weighted by molar-refractivity contribution is 9.10. The molecule has 15 heavy (non-hydrogen) atoms. The van der Waals surface area contributed by atoms with Crippen LogP contribution < -0.4 is 4.90 Å². The quantitative estimate of drug-likeness (QED) is 0.829. The van der Waals surface area contributed by atoms with Gasteiger partial charge in [0, 0.05) is 23.3 Å². The van der Waals surface area contributed by atoms with Gasteiger partial charge in [0.05, 0.1) is 5.02 Å². The Labute approximate surface area is 105 Å². The van der Waals surface area contributed by atoms with Crippen molar-refractivity contribution in [3.8, 4) is 0 Å². The van der Waals surface area contributed by atoms with Crippen LogP contribution in [0, 0.1) is 0 Å². The molecular weight excluding hydrogens is 275 g/mol. The monoisotopic (exact) mass is 290 g/mol. The van der Waals surface area contributed by atoms with Crippen molar-refractivity contribution in [3.05, 3.63) is 21.8 Å². The summed E-state index contributed by atoms with van der Waals surface area (Å²) in [5, 5.41) is 0.700. The van der Waals surface area contributed by atoms with Gasteiger partial charge < -0.3 is 4.90 Å². The first-order valence-corrected chi connectivity index (χ1v) is 6.34. The highest BCUT2D eigenvalue weighted by atomic mass is 79.9. The molecule has 2 nitrogen and oxygen atoms in total. The molecule has 0 aliphatic carbocycles. The van der Waals surface area contributed by atoms with Crippen LogP contribution in [0.1, 0.15) is 27.2 Å². The van der Waals surface area contributed by atoms with Crippen LogP contribution in [0.25, 0.3) is 0 Å². The Morgan fingerprint density at radius 3 is 2.67 bits per heavy atom. The van der Waals surface area contributed by atoms with Gasteiger partial charge in [0.1, 0.15) is 5.82 Å². The molecule has 0 saturated heterocycles. The third kappa shape index (κ3) is 3.08. The second-order valence-electron chi connectivity index (χ2n) is 3.50. The van der Waals surface area contributed by atoms with Crippen LogP contribution in [0.2, 0.25) is 5.02 Å². The molecule has 0 radical (unpaired) electrons. The predicted octanol–water partition coefficient (Wildman–Crippen LogP) is 4.12. The van der Waals surface area contributed by atoms with E-state index < -0.39 is 0 Å². The highest BCUT2D eigenvalue weighted by Gasteiger charge is 2.15. The smallest absolute Gasteiger partial charge is 0.147 e. The summed E-state index contributed by atoms with van der Waals surface area (Å²) < 4.78 is 0.913. The van der Waals surface area contributed by atoms with Gasteiger partial charge >= 0.3 is 0 Å². The summed E-state index contributed by atoms with van der Waals surface area (Å²) in [5.74, 6) is 0.872. The maximum atomic E-state index is 6.17. The fraction of sp³-hybridized carbons (Fsp3) is 0.545. The maximum absolute atomic E-state index is 6.17. The lowest BCUT2D eigenvalue weighted by molar-refractivity contribution is 0.623. The van der Waals surface area contributed by atoms with Crippen molar-refractivity contribution in [3.63, 3.8) is 0 Å². The Bertz CT molecular complexity index is 330. The number of nitrogens with zero attached hydrogens (tertiary/aromatic N) is 2. The number of halogens is 2. The Balaban J connectivity index is 3.01. The van der Waals surface area contributed by atoms with Gasteiger partial charge in [-0.1, -0.05) is 18.5 Å². The lowest BCUT2D eigenvalue weighted by Gasteiger charge is -2.29. The predicted molar refractivity (Wildman–Crippen MR) is 69.7 cm³/mol. The van der Waals surface area contributed by atoms with E-state index in [1.807, 2.05) is 6.07 Å². The summed E-state index contributed by atoms with van der Waals surface area (Å²) in [5.41, 5.74) is 0. The van der Waals surface area contributed by atoms with Gasteiger partial charge in [-0.3, -0.25) is 0 Å². The van der Waals surface area contributed by atoms with Crippen LogP contribution in [0.5, 0.6) is 0 Å². The first-order valence-electron chi connectivity index (χ1n) is 5.17. The largest absolute Gasteiger partial charge is 0.353 e. The van der Waals surface area contributed by atoms with E-state index in [9.17, 15) is 0 Å². The molecule has 1 aromatic rings. The third-order valence-corrected chi connectivity index (χ3v) is 3.24. The molecule has 0 fully saturated rings. The van der Waals surface area contributed by atoms with Crippen LogP contribution >= 0.6 is 27.5 Å². The minimum atomic E-state index is 0.459. The molecule has 0 aliphatic heterocycles. The van der Waals surface area contributed by atoms with Crippen molar-refractivity contribution in [1.29, 1.82) is 0 Å². The molecule has 0 saturated carbocycles. The van der Waals surface area contributed by atoms with Crippen LogP contribution in [-0.4, -0.2) is 17.6 Å². The Hall–Kier alpha value is -0.280. The van der Waals surface area contributed by atoms with E-state index in [4.69, 9.17) is 11.6 Å². The van der Waals surface area contributed by atoms with Crippen molar-refractivity contribution in [2.75, 3.05) is 11.4 Å². The first kappa shape index (κ1) is 12.8. The van der Waals surface area contributed by atoms with E-state index in [1.165, 1.54) is 0 Å². The molecule has 84 valence electrons. The molecule has 1 heterocycles. The van der Waals surface area contributed by atoms with Gasteiger partial charge in [-0.2, -0.15) is 0 Å². The highest BCUT2D eigenvalue weighted by Crippen LogP contribution is 2.27. The summed E-state index contributed by atoms with van der Waals surface area (Å²) in [4.78, 5) is 6.58. The van der Waals surface area contributed by atoms with Gasteiger partial charge in [0.15, 0.2) is 0 Å². The van der Waals surface area contributed by atoms with Crippen LogP contribution in [0.15, 0.2) is 16.7 Å². The maximum Gasteiger partial charge on any atom is 0.147 e. The number of anilines is 1. The zero-order valence-electron chi connectivity index (χ0n) is 9.30. The Morgan fingerprint density at radius 2 is 2.20 bits per heavy atom. The third-order valence-electron chi connectivity index (χ3n) is 2.52. The lowest BCUT2D eigenvalue weighted by atomic mass is 10.2. The average Bonchev–Trinajstić information content (AvgIpc) is 2.21. The van der Waals surface area contributed by atoms with E-state index in [2.05, 4.69) is 46.6 Å². The van der Waals surface area contributed by atoms with Crippen molar-refractivity contribution in [1.82, 2.24) is 4.98 Å². The van der Waals surface area contributed by atoms with Crippen molar-refractivity contribution in [2.24, 2.45) is 0 Å².